The van der Waals surface area contributed by atoms with Crippen LogP contribution in [0.1, 0.15) is 15.9 Å². The maximum atomic E-state index is 12.9. The Hall–Kier alpha value is -2.78. The third kappa shape index (κ3) is 5.35. The second-order valence-corrected chi connectivity index (χ2v) is 7.61. The first-order valence-corrected chi connectivity index (χ1v) is 9.23. The van der Waals surface area contributed by atoms with Crippen molar-refractivity contribution < 1.29 is 31.9 Å². The number of benzene rings is 2. The number of rotatable bonds is 7. The fourth-order valence-electron chi connectivity index (χ4n) is 2.17. The van der Waals surface area contributed by atoms with Crippen LogP contribution in [0.25, 0.3) is 0 Å². The smallest absolute Gasteiger partial charge is 0.337 e. The van der Waals surface area contributed by atoms with Crippen molar-refractivity contribution in [1.82, 2.24) is 4.31 Å². The van der Waals surface area contributed by atoms with E-state index in [2.05, 4.69) is 4.74 Å². The molecule has 0 aliphatic carbocycles. The summed E-state index contributed by atoms with van der Waals surface area (Å²) in [4.78, 5) is 23.3. The molecule has 2 aromatic rings. The van der Waals surface area contributed by atoms with Gasteiger partial charge in [0.2, 0.25) is 10.0 Å². The molecule has 0 saturated heterocycles. The Morgan fingerprint density at radius 1 is 1.11 bits per heavy atom. The number of hydrogen-bond acceptors (Lipinski definition) is 6. The lowest BCUT2D eigenvalue weighted by Gasteiger charge is -2.16. The molecule has 0 unspecified atom stereocenters. The highest BCUT2D eigenvalue weighted by molar-refractivity contribution is 7.89. The molecular formula is C18H18FNO6S. The van der Waals surface area contributed by atoms with Crippen molar-refractivity contribution in [3.63, 3.8) is 0 Å². The highest BCUT2D eigenvalue weighted by Gasteiger charge is 2.23. The molecular weight excluding hydrogens is 377 g/mol. The van der Waals surface area contributed by atoms with Gasteiger partial charge in [0.1, 0.15) is 19.0 Å². The quantitative estimate of drug-likeness (QED) is 0.666. The number of likely N-dealkylation sites (N-methyl/N-ethyl adjacent to an activating group) is 1. The summed E-state index contributed by atoms with van der Waals surface area (Å²) in [5.74, 6) is -1.86. The van der Waals surface area contributed by atoms with Crippen LogP contribution in [0.15, 0.2) is 53.4 Å². The molecule has 0 spiro atoms. The Balaban J connectivity index is 1.97. The summed E-state index contributed by atoms with van der Waals surface area (Å²) in [7, 11) is -1.47. The van der Waals surface area contributed by atoms with Crippen molar-refractivity contribution in [3.8, 4) is 0 Å². The average Bonchev–Trinajstić information content (AvgIpc) is 2.66. The molecule has 0 aromatic heterocycles. The highest BCUT2D eigenvalue weighted by atomic mass is 32.2. The van der Waals surface area contributed by atoms with Gasteiger partial charge in [-0.2, -0.15) is 4.31 Å². The number of carbonyl (C=O) groups is 2. The Kier molecular flexibility index (Phi) is 6.65. The largest absolute Gasteiger partial charge is 0.465 e. The molecule has 7 nitrogen and oxygen atoms in total. The molecule has 0 radical (unpaired) electrons. The lowest BCUT2D eigenvalue weighted by molar-refractivity contribution is -0.144. The number of nitrogens with zero attached hydrogens (tertiary/aromatic N) is 1. The predicted octanol–water partition coefficient (Wildman–Crippen LogP) is 1.98. The second-order valence-electron chi connectivity index (χ2n) is 5.57. The van der Waals surface area contributed by atoms with Crippen LogP contribution in [0.2, 0.25) is 0 Å². The summed E-state index contributed by atoms with van der Waals surface area (Å²) >= 11 is 0. The maximum absolute atomic E-state index is 12.9. The summed E-state index contributed by atoms with van der Waals surface area (Å²) in [6.45, 7) is -0.648. The van der Waals surface area contributed by atoms with Gasteiger partial charge in [-0.3, -0.25) is 4.79 Å². The minimum absolute atomic E-state index is 0.131. The SMILES string of the molecule is COC(=O)c1cccc(COC(=O)CN(C)S(=O)(=O)c2ccc(F)cc2)c1. The van der Waals surface area contributed by atoms with Crippen molar-refractivity contribution in [3.05, 3.63) is 65.5 Å². The van der Waals surface area contributed by atoms with E-state index in [1.165, 1.54) is 20.2 Å². The molecule has 0 heterocycles. The molecule has 2 aromatic carbocycles. The van der Waals surface area contributed by atoms with E-state index in [4.69, 9.17) is 4.74 Å². The van der Waals surface area contributed by atoms with Crippen LogP contribution in [-0.2, 0) is 30.9 Å². The van der Waals surface area contributed by atoms with Crippen molar-refractivity contribution in [2.75, 3.05) is 20.7 Å². The van der Waals surface area contributed by atoms with Crippen LogP contribution in [0.5, 0.6) is 0 Å². The molecule has 0 aliphatic rings. The van der Waals surface area contributed by atoms with E-state index >= 15 is 0 Å². The van der Waals surface area contributed by atoms with Crippen LogP contribution in [0.3, 0.4) is 0 Å². The number of hydrogen-bond donors (Lipinski definition) is 0. The van der Waals surface area contributed by atoms with E-state index < -0.39 is 34.3 Å². The second kappa shape index (κ2) is 8.74. The van der Waals surface area contributed by atoms with E-state index in [1.807, 2.05) is 0 Å². The predicted molar refractivity (Wildman–Crippen MR) is 93.8 cm³/mol. The molecule has 0 fully saturated rings. The lowest BCUT2D eigenvalue weighted by Crippen LogP contribution is -2.33. The molecule has 0 saturated carbocycles. The fourth-order valence-corrected chi connectivity index (χ4v) is 3.28. The zero-order valence-corrected chi connectivity index (χ0v) is 15.5. The number of methoxy groups -OCH3 is 1. The molecule has 0 aliphatic heterocycles. The average molecular weight is 395 g/mol. The molecule has 2 rings (SSSR count). The van der Waals surface area contributed by atoms with Gasteiger partial charge in [-0.15, -0.1) is 0 Å². The standard InChI is InChI=1S/C18H18FNO6S/c1-20(27(23,24)16-8-6-15(19)7-9-16)11-17(21)26-12-13-4-3-5-14(10-13)18(22)25-2/h3-10H,11-12H2,1-2H3. The van der Waals surface area contributed by atoms with E-state index in [1.54, 1.807) is 18.2 Å². The first-order valence-electron chi connectivity index (χ1n) is 7.79. The third-order valence-electron chi connectivity index (χ3n) is 3.62. The maximum Gasteiger partial charge on any atom is 0.337 e. The van der Waals surface area contributed by atoms with Crippen LogP contribution in [0.4, 0.5) is 4.39 Å². The number of sulfonamides is 1. The molecule has 144 valence electrons. The minimum Gasteiger partial charge on any atom is -0.465 e. The van der Waals surface area contributed by atoms with Crippen molar-refractivity contribution in [2.45, 2.75) is 11.5 Å². The minimum atomic E-state index is -3.95. The number of esters is 2. The fraction of sp³-hybridized carbons (Fsp3) is 0.222. The van der Waals surface area contributed by atoms with E-state index in [0.717, 1.165) is 28.6 Å². The Bertz CT molecular complexity index is 927. The van der Waals surface area contributed by atoms with Crippen LogP contribution in [0, 0.1) is 5.82 Å². The summed E-state index contributed by atoms with van der Waals surface area (Å²) in [6.07, 6.45) is 0. The van der Waals surface area contributed by atoms with Gasteiger partial charge >= 0.3 is 11.9 Å². The molecule has 0 bridgehead atoms. The van der Waals surface area contributed by atoms with Crippen LogP contribution < -0.4 is 0 Å². The van der Waals surface area contributed by atoms with Crippen LogP contribution >= 0.6 is 0 Å². The van der Waals surface area contributed by atoms with Gasteiger partial charge in [-0.25, -0.2) is 17.6 Å². The van der Waals surface area contributed by atoms with E-state index in [-0.39, 0.29) is 11.5 Å². The Morgan fingerprint density at radius 3 is 2.41 bits per heavy atom. The van der Waals surface area contributed by atoms with E-state index in [0.29, 0.717) is 11.1 Å². The lowest BCUT2D eigenvalue weighted by atomic mass is 10.1. The topological polar surface area (TPSA) is 90.0 Å². The van der Waals surface area contributed by atoms with Gasteiger partial charge in [0.15, 0.2) is 0 Å². The number of carbonyl (C=O) groups excluding carboxylic acids is 2. The van der Waals surface area contributed by atoms with Crippen molar-refractivity contribution in [2.24, 2.45) is 0 Å². The van der Waals surface area contributed by atoms with Gasteiger partial charge in [-0.05, 0) is 42.0 Å². The molecule has 0 N–H and O–H groups in total. The molecule has 0 amide bonds. The van der Waals surface area contributed by atoms with Gasteiger partial charge in [0.25, 0.3) is 0 Å². The third-order valence-corrected chi connectivity index (χ3v) is 5.44. The summed E-state index contributed by atoms with van der Waals surface area (Å²) in [6, 6.07) is 10.6. The Labute approximate surface area is 156 Å². The summed E-state index contributed by atoms with van der Waals surface area (Å²) in [5, 5.41) is 0. The number of halogens is 1. The van der Waals surface area contributed by atoms with Gasteiger partial charge in [-0.1, -0.05) is 12.1 Å². The van der Waals surface area contributed by atoms with Gasteiger partial charge in [0, 0.05) is 7.05 Å². The number of ether oxygens (including phenoxy) is 2. The zero-order valence-electron chi connectivity index (χ0n) is 14.7. The normalized spacial score (nSPS) is 11.3. The summed E-state index contributed by atoms with van der Waals surface area (Å²) < 4.78 is 48.1. The first kappa shape index (κ1) is 20.5. The van der Waals surface area contributed by atoms with Crippen LogP contribution in [-0.4, -0.2) is 45.4 Å². The summed E-state index contributed by atoms with van der Waals surface area (Å²) in [5.41, 5.74) is 0.859. The first-order chi connectivity index (χ1) is 12.7. The highest BCUT2D eigenvalue weighted by Crippen LogP contribution is 2.15. The van der Waals surface area contributed by atoms with Gasteiger partial charge in [0.05, 0.1) is 17.6 Å². The molecule has 27 heavy (non-hydrogen) atoms. The van der Waals surface area contributed by atoms with Gasteiger partial charge < -0.3 is 9.47 Å². The van der Waals surface area contributed by atoms with Crippen molar-refractivity contribution >= 4 is 22.0 Å². The monoisotopic (exact) mass is 395 g/mol. The van der Waals surface area contributed by atoms with Crippen molar-refractivity contribution in [1.29, 1.82) is 0 Å². The van der Waals surface area contributed by atoms with E-state index in [9.17, 15) is 22.4 Å². The molecule has 9 heteroatoms. The zero-order chi connectivity index (χ0) is 20.0. The Morgan fingerprint density at radius 2 is 1.78 bits per heavy atom. The molecule has 0 atom stereocenters.